The first-order chi connectivity index (χ1) is 8.61. The van der Waals surface area contributed by atoms with Gasteiger partial charge in [-0.2, -0.15) is 0 Å². The van der Waals surface area contributed by atoms with Gasteiger partial charge in [0, 0.05) is 11.1 Å². The van der Waals surface area contributed by atoms with Gasteiger partial charge >= 0.3 is 0 Å². The highest BCUT2D eigenvalue weighted by Crippen LogP contribution is 2.32. The lowest BCUT2D eigenvalue weighted by Gasteiger charge is -2.32. The van der Waals surface area contributed by atoms with Crippen LogP contribution in [-0.4, -0.2) is 12.6 Å². The average Bonchev–Trinajstić information content (AvgIpc) is 2.36. The van der Waals surface area contributed by atoms with Crippen molar-refractivity contribution in [1.82, 2.24) is 0 Å². The summed E-state index contributed by atoms with van der Waals surface area (Å²) in [6.45, 7) is 2.69. The van der Waals surface area contributed by atoms with Crippen LogP contribution in [0.3, 0.4) is 0 Å². The summed E-state index contributed by atoms with van der Waals surface area (Å²) in [7, 11) is 0. The predicted molar refractivity (Wildman–Crippen MR) is 79.6 cm³/mol. The minimum absolute atomic E-state index is 0.417. The third-order valence-electron chi connectivity index (χ3n) is 3.80. The summed E-state index contributed by atoms with van der Waals surface area (Å²) in [5.41, 5.74) is 7.77. The van der Waals surface area contributed by atoms with Crippen molar-refractivity contribution in [3.8, 4) is 0 Å². The van der Waals surface area contributed by atoms with Crippen molar-refractivity contribution in [2.45, 2.75) is 38.6 Å². The number of anilines is 1. The van der Waals surface area contributed by atoms with Crippen LogP contribution in [0.2, 0.25) is 10.0 Å². The molecule has 18 heavy (non-hydrogen) atoms. The van der Waals surface area contributed by atoms with Crippen molar-refractivity contribution in [3.05, 3.63) is 27.7 Å². The molecule has 4 heteroatoms. The fourth-order valence-electron chi connectivity index (χ4n) is 2.64. The SMILES string of the molecule is Cc1cc(Cl)c(NC2CCCCC2CN)cc1Cl. The second-order valence-corrected chi connectivity index (χ2v) is 5.93. The Kier molecular flexibility index (Phi) is 4.77. The molecule has 1 aliphatic rings. The molecule has 2 rings (SSSR count). The van der Waals surface area contributed by atoms with Gasteiger partial charge in [-0.05, 0) is 49.9 Å². The fraction of sp³-hybridized carbons (Fsp3) is 0.571. The topological polar surface area (TPSA) is 38.0 Å². The van der Waals surface area contributed by atoms with E-state index in [1.54, 1.807) is 0 Å². The van der Waals surface area contributed by atoms with Gasteiger partial charge in [0.05, 0.1) is 10.7 Å². The van der Waals surface area contributed by atoms with Gasteiger partial charge in [-0.1, -0.05) is 36.0 Å². The van der Waals surface area contributed by atoms with Crippen LogP contribution in [-0.2, 0) is 0 Å². The third-order valence-corrected chi connectivity index (χ3v) is 4.52. The Balaban J connectivity index is 2.15. The lowest BCUT2D eigenvalue weighted by Crippen LogP contribution is -2.36. The summed E-state index contributed by atoms with van der Waals surface area (Å²) in [4.78, 5) is 0. The Morgan fingerprint density at radius 2 is 1.94 bits per heavy atom. The summed E-state index contributed by atoms with van der Waals surface area (Å²) in [5.74, 6) is 0.537. The van der Waals surface area contributed by atoms with E-state index in [2.05, 4.69) is 5.32 Å². The van der Waals surface area contributed by atoms with Crippen molar-refractivity contribution >= 4 is 28.9 Å². The minimum atomic E-state index is 0.417. The summed E-state index contributed by atoms with van der Waals surface area (Å²) in [6, 6.07) is 4.24. The second-order valence-electron chi connectivity index (χ2n) is 5.11. The first-order valence-corrected chi connectivity index (χ1v) is 7.29. The van der Waals surface area contributed by atoms with Crippen LogP contribution in [0.4, 0.5) is 5.69 Å². The molecular weight excluding hydrogens is 267 g/mol. The number of nitrogens with two attached hydrogens (primary N) is 1. The normalized spacial score (nSPS) is 24.0. The molecule has 3 N–H and O–H groups in total. The van der Waals surface area contributed by atoms with Crippen molar-refractivity contribution in [2.75, 3.05) is 11.9 Å². The molecule has 2 nitrogen and oxygen atoms in total. The summed E-state index contributed by atoms with van der Waals surface area (Å²) < 4.78 is 0. The van der Waals surface area contributed by atoms with E-state index >= 15 is 0 Å². The van der Waals surface area contributed by atoms with Crippen LogP contribution in [0, 0.1) is 12.8 Å². The van der Waals surface area contributed by atoms with Gasteiger partial charge in [-0.15, -0.1) is 0 Å². The molecule has 1 aromatic rings. The molecule has 1 fully saturated rings. The van der Waals surface area contributed by atoms with Gasteiger partial charge in [0.15, 0.2) is 0 Å². The maximum Gasteiger partial charge on any atom is 0.0641 e. The number of hydrogen-bond acceptors (Lipinski definition) is 2. The van der Waals surface area contributed by atoms with E-state index in [4.69, 9.17) is 28.9 Å². The molecule has 0 saturated heterocycles. The number of halogens is 2. The number of hydrogen-bond donors (Lipinski definition) is 2. The van der Waals surface area contributed by atoms with E-state index in [9.17, 15) is 0 Å². The van der Waals surface area contributed by atoms with E-state index in [-0.39, 0.29) is 0 Å². The van der Waals surface area contributed by atoms with E-state index in [1.165, 1.54) is 19.3 Å². The molecule has 2 unspecified atom stereocenters. The predicted octanol–water partition coefficient (Wildman–Crippen LogP) is 4.23. The zero-order valence-corrected chi connectivity index (χ0v) is 12.2. The fourth-order valence-corrected chi connectivity index (χ4v) is 3.07. The molecule has 1 aliphatic carbocycles. The maximum atomic E-state index is 6.26. The highest BCUT2D eigenvalue weighted by Gasteiger charge is 2.24. The molecular formula is C14H20Cl2N2. The van der Waals surface area contributed by atoms with Gasteiger partial charge in [0.25, 0.3) is 0 Å². The van der Waals surface area contributed by atoms with Gasteiger partial charge in [0.1, 0.15) is 0 Å². The highest BCUT2D eigenvalue weighted by molar-refractivity contribution is 6.35. The van der Waals surface area contributed by atoms with E-state index in [1.807, 2.05) is 19.1 Å². The van der Waals surface area contributed by atoms with E-state index < -0.39 is 0 Å². The minimum Gasteiger partial charge on any atom is -0.381 e. The molecule has 0 aliphatic heterocycles. The Morgan fingerprint density at radius 1 is 1.22 bits per heavy atom. The molecule has 100 valence electrons. The lowest BCUT2D eigenvalue weighted by atomic mass is 9.84. The number of aryl methyl sites for hydroxylation is 1. The molecule has 0 spiro atoms. The average molecular weight is 287 g/mol. The standard InChI is InChI=1S/C14H20Cl2N2/c1-9-6-12(16)14(7-11(9)15)18-13-5-3-2-4-10(13)8-17/h6-7,10,13,18H,2-5,8,17H2,1H3. The molecule has 0 aromatic heterocycles. The smallest absolute Gasteiger partial charge is 0.0641 e. The highest BCUT2D eigenvalue weighted by atomic mass is 35.5. The van der Waals surface area contributed by atoms with Crippen molar-refractivity contribution in [2.24, 2.45) is 11.7 Å². The lowest BCUT2D eigenvalue weighted by molar-refractivity contribution is 0.332. The first-order valence-electron chi connectivity index (χ1n) is 6.54. The Hall–Kier alpha value is -0.440. The van der Waals surface area contributed by atoms with Gasteiger partial charge in [-0.25, -0.2) is 0 Å². The van der Waals surface area contributed by atoms with Crippen LogP contribution in [0.1, 0.15) is 31.2 Å². The molecule has 1 aromatic carbocycles. The van der Waals surface area contributed by atoms with E-state index in [0.717, 1.165) is 34.3 Å². The monoisotopic (exact) mass is 286 g/mol. The third kappa shape index (κ3) is 3.11. The molecule has 2 atom stereocenters. The van der Waals surface area contributed by atoms with Crippen molar-refractivity contribution in [1.29, 1.82) is 0 Å². The Bertz CT molecular complexity index is 421. The van der Waals surface area contributed by atoms with Crippen molar-refractivity contribution in [3.63, 3.8) is 0 Å². The Labute approximate surface area is 119 Å². The first kappa shape index (κ1) is 14.0. The Morgan fingerprint density at radius 3 is 2.67 bits per heavy atom. The van der Waals surface area contributed by atoms with Crippen LogP contribution in [0.5, 0.6) is 0 Å². The molecule has 0 bridgehead atoms. The van der Waals surface area contributed by atoms with Crippen molar-refractivity contribution < 1.29 is 0 Å². The summed E-state index contributed by atoms with van der Waals surface area (Å²) in [6.07, 6.45) is 4.89. The maximum absolute atomic E-state index is 6.26. The summed E-state index contributed by atoms with van der Waals surface area (Å²) >= 11 is 12.4. The number of rotatable bonds is 3. The largest absolute Gasteiger partial charge is 0.381 e. The van der Waals surface area contributed by atoms with Crippen LogP contribution < -0.4 is 11.1 Å². The zero-order valence-electron chi connectivity index (χ0n) is 10.7. The summed E-state index contributed by atoms with van der Waals surface area (Å²) in [5, 5.41) is 5.01. The van der Waals surface area contributed by atoms with Crippen LogP contribution >= 0.6 is 23.2 Å². The number of nitrogens with one attached hydrogen (secondary N) is 1. The van der Waals surface area contributed by atoms with Gasteiger partial charge in [0.2, 0.25) is 0 Å². The molecule has 0 amide bonds. The zero-order chi connectivity index (χ0) is 13.1. The second kappa shape index (κ2) is 6.14. The van der Waals surface area contributed by atoms with Crippen LogP contribution in [0.25, 0.3) is 0 Å². The van der Waals surface area contributed by atoms with E-state index in [0.29, 0.717) is 12.0 Å². The van der Waals surface area contributed by atoms with Crippen LogP contribution in [0.15, 0.2) is 12.1 Å². The molecule has 0 heterocycles. The van der Waals surface area contributed by atoms with Gasteiger partial charge in [-0.3, -0.25) is 0 Å². The quantitative estimate of drug-likeness (QED) is 0.873. The molecule has 0 radical (unpaired) electrons. The molecule has 1 saturated carbocycles. The number of benzene rings is 1. The van der Waals surface area contributed by atoms with Gasteiger partial charge < -0.3 is 11.1 Å².